The molecular formula is C18H22N2O3S. The van der Waals surface area contributed by atoms with Crippen molar-refractivity contribution in [2.24, 2.45) is 0 Å². The molecular weight excluding hydrogens is 324 g/mol. The summed E-state index contributed by atoms with van der Waals surface area (Å²) in [5.41, 5.74) is 2.12. The predicted octanol–water partition coefficient (Wildman–Crippen LogP) is 3.35. The molecule has 1 aliphatic heterocycles. The first-order valence-electron chi connectivity index (χ1n) is 7.98. The topological polar surface area (TPSA) is 50.8 Å². The molecule has 0 unspecified atom stereocenters. The maximum atomic E-state index is 12.4. The molecule has 0 radical (unpaired) electrons. The van der Waals surface area contributed by atoms with Gasteiger partial charge in [-0.15, -0.1) is 11.3 Å². The molecule has 3 rings (SSSR count). The molecule has 24 heavy (non-hydrogen) atoms. The molecule has 0 saturated carbocycles. The van der Waals surface area contributed by atoms with E-state index in [4.69, 9.17) is 9.47 Å². The maximum Gasteiger partial charge on any atom is 0.317 e. The lowest BCUT2D eigenvalue weighted by molar-refractivity contribution is -0.0136. The maximum absolute atomic E-state index is 12.4. The van der Waals surface area contributed by atoms with Gasteiger partial charge in [0.25, 0.3) is 0 Å². The molecule has 1 fully saturated rings. The van der Waals surface area contributed by atoms with Crippen molar-refractivity contribution in [2.75, 3.05) is 26.8 Å². The van der Waals surface area contributed by atoms with Crippen molar-refractivity contribution in [1.29, 1.82) is 0 Å². The lowest BCUT2D eigenvalue weighted by Gasteiger charge is -2.32. The second-order valence-electron chi connectivity index (χ2n) is 5.78. The molecule has 6 heteroatoms. The Hall–Kier alpha value is -2.05. The van der Waals surface area contributed by atoms with Crippen LogP contribution in [0.1, 0.15) is 22.1 Å². The van der Waals surface area contributed by atoms with Crippen molar-refractivity contribution >= 4 is 17.4 Å². The first-order chi connectivity index (χ1) is 11.7. The van der Waals surface area contributed by atoms with Gasteiger partial charge in [-0.05, 0) is 35.6 Å². The third-order valence-corrected chi connectivity index (χ3v) is 5.08. The standard InChI is InChI=1S/C18H22N2O3S/c1-13-10-14(5-6-15(13)22-2)11-19-18(21)20-7-8-23-16(12-20)17-4-3-9-24-17/h3-6,9-10,16H,7-8,11-12H2,1-2H3,(H,19,21)/t16-/m1/s1. The van der Waals surface area contributed by atoms with Gasteiger partial charge in [0, 0.05) is 18.0 Å². The van der Waals surface area contributed by atoms with E-state index in [9.17, 15) is 4.79 Å². The molecule has 5 nitrogen and oxygen atoms in total. The van der Waals surface area contributed by atoms with Crippen LogP contribution < -0.4 is 10.1 Å². The van der Waals surface area contributed by atoms with Gasteiger partial charge in [-0.1, -0.05) is 18.2 Å². The summed E-state index contributed by atoms with van der Waals surface area (Å²) in [6, 6.07) is 9.95. The summed E-state index contributed by atoms with van der Waals surface area (Å²) in [7, 11) is 1.66. The summed E-state index contributed by atoms with van der Waals surface area (Å²) in [6.07, 6.45) is -0.0206. The Kier molecular flexibility index (Phi) is 5.37. The first kappa shape index (κ1) is 16.8. The summed E-state index contributed by atoms with van der Waals surface area (Å²) in [6.45, 7) is 4.28. The fraction of sp³-hybridized carbons (Fsp3) is 0.389. The second kappa shape index (κ2) is 7.68. The van der Waals surface area contributed by atoms with E-state index in [0.29, 0.717) is 26.2 Å². The monoisotopic (exact) mass is 346 g/mol. The van der Waals surface area contributed by atoms with Crippen LogP contribution in [0.15, 0.2) is 35.7 Å². The number of ether oxygens (including phenoxy) is 2. The van der Waals surface area contributed by atoms with E-state index < -0.39 is 0 Å². The summed E-state index contributed by atoms with van der Waals surface area (Å²) in [5, 5.41) is 5.02. The van der Waals surface area contributed by atoms with Gasteiger partial charge in [-0.3, -0.25) is 0 Å². The predicted molar refractivity (Wildman–Crippen MR) is 94.6 cm³/mol. The Morgan fingerprint density at radius 1 is 1.46 bits per heavy atom. The van der Waals surface area contributed by atoms with Crippen molar-refractivity contribution in [3.05, 3.63) is 51.7 Å². The Labute approximate surface area is 146 Å². The minimum Gasteiger partial charge on any atom is -0.496 e. The van der Waals surface area contributed by atoms with Gasteiger partial charge in [0.2, 0.25) is 0 Å². The summed E-state index contributed by atoms with van der Waals surface area (Å²) >= 11 is 1.66. The first-order valence-corrected chi connectivity index (χ1v) is 8.86. The van der Waals surface area contributed by atoms with Gasteiger partial charge in [-0.25, -0.2) is 4.79 Å². The van der Waals surface area contributed by atoms with Crippen LogP contribution in [0.2, 0.25) is 0 Å². The number of carbonyl (C=O) groups is 1. The van der Waals surface area contributed by atoms with Gasteiger partial charge in [-0.2, -0.15) is 0 Å². The Morgan fingerprint density at radius 3 is 3.04 bits per heavy atom. The number of carbonyl (C=O) groups excluding carboxylic acids is 1. The molecule has 1 saturated heterocycles. The largest absolute Gasteiger partial charge is 0.496 e. The van der Waals surface area contributed by atoms with Crippen LogP contribution in [0.25, 0.3) is 0 Å². The van der Waals surface area contributed by atoms with Gasteiger partial charge in [0.1, 0.15) is 11.9 Å². The summed E-state index contributed by atoms with van der Waals surface area (Å²) < 4.78 is 11.0. The number of benzene rings is 1. The molecule has 1 aliphatic rings. The summed E-state index contributed by atoms with van der Waals surface area (Å²) in [4.78, 5) is 15.4. The van der Waals surface area contributed by atoms with Gasteiger partial charge >= 0.3 is 6.03 Å². The number of hydrogen-bond donors (Lipinski definition) is 1. The molecule has 0 bridgehead atoms. The molecule has 2 heterocycles. The minimum atomic E-state index is -0.0478. The Morgan fingerprint density at radius 2 is 2.33 bits per heavy atom. The average Bonchev–Trinajstić information content (AvgIpc) is 3.14. The number of amides is 2. The highest BCUT2D eigenvalue weighted by molar-refractivity contribution is 7.10. The van der Waals surface area contributed by atoms with Crippen LogP contribution in [-0.2, 0) is 11.3 Å². The van der Waals surface area contributed by atoms with E-state index in [1.807, 2.05) is 41.5 Å². The number of urea groups is 1. The second-order valence-corrected chi connectivity index (χ2v) is 6.76. The van der Waals surface area contributed by atoms with Crippen LogP contribution >= 0.6 is 11.3 Å². The normalized spacial score (nSPS) is 17.6. The number of rotatable bonds is 4. The average molecular weight is 346 g/mol. The number of nitrogens with zero attached hydrogens (tertiary/aromatic N) is 1. The van der Waals surface area contributed by atoms with Crippen molar-refractivity contribution in [3.8, 4) is 5.75 Å². The number of hydrogen-bond acceptors (Lipinski definition) is 4. The highest BCUT2D eigenvalue weighted by atomic mass is 32.1. The van der Waals surface area contributed by atoms with E-state index in [-0.39, 0.29) is 12.1 Å². The lowest BCUT2D eigenvalue weighted by atomic mass is 10.1. The summed E-state index contributed by atoms with van der Waals surface area (Å²) in [5.74, 6) is 0.858. The molecule has 2 amide bonds. The number of thiophene rings is 1. The molecule has 2 aromatic rings. The lowest BCUT2D eigenvalue weighted by Crippen LogP contribution is -2.46. The third-order valence-electron chi connectivity index (χ3n) is 4.12. The van der Waals surface area contributed by atoms with Crippen LogP contribution in [-0.4, -0.2) is 37.7 Å². The zero-order valence-corrected chi connectivity index (χ0v) is 14.8. The van der Waals surface area contributed by atoms with Crippen molar-refractivity contribution in [2.45, 2.75) is 19.6 Å². The van der Waals surface area contributed by atoms with Gasteiger partial charge in [0.05, 0.1) is 20.3 Å². The fourth-order valence-corrected chi connectivity index (χ4v) is 3.59. The van der Waals surface area contributed by atoms with E-state index in [1.165, 1.54) is 4.88 Å². The SMILES string of the molecule is COc1ccc(CNC(=O)N2CCO[C@@H](c3cccs3)C2)cc1C. The Bertz CT molecular complexity index is 688. The molecule has 1 aromatic carbocycles. The number of aryl methyl sites for hydroxylation is 1. The minimum absolute atomic E-state index is 0.0206. The third kappa shape index (κ3) is 3.88. The molecule has 0 aliphatic carbocycles. The quantitative estimate of drug-likeness (QED) is 0.924. The fourth-order valence-electron chi connectivity index (χ4n) is 2.82. The van der Waals surface area contributed by atoms with Crippen molar-refractivity contribution in [3.63, 3.8) is 0 Å². The molecule has 1 aromatic heterocycles. The highest BCUT2D eigenvalue weighted by Crippen LogP contribution is 2.26. The molecule has 128 valence electrons. The van der Waals surface area contributed by atoms with Crippen LogP contribution in [0.4, 0.5) is 4.79 Å². The molecule has 1 atom stereocenters. The van der Waals surface area contributed by atoms with Crippen LogP contribution in [0.5, 0.6) is 5.75 Å². The van der Waals surface area contributed by atoms with E-state index in [2.05, 4.69) is 11.4 Å². The molecule has 1 N–H and O–H groups in total. The number of nitrogens with one attached hydrogen (secondary N) is 1. The van der Waals surface area contributed by atoms with E-state index >= 15 is 0 Å². The zero-order valence-electron chi connectivity index (χ0n) is 14.0. The zero-order chi connectivity index (χ0) is 16.9. The van der Waals surface area contributed by atoms with Crippen molar-refractivity contribution in [1.82, 2.24) is 10.2 Å². The number of methoxy groups -OCH3 is 1. The van der Waals surface area contributed by atoms with E-state index in [0.717, 1.165) is 16.9 Å². The van der Waals surface area contributed by atoms with Crippen LogP contribution in [0, 0.1) is 6.92 Å². The van der Waals surface area contributed by atoms with Crippen molar-refractivity contribution < 1.29 is 14.3 Å². The van der Waals surface area contributed by atoms with E-state index in [1.54, 1.807) is 18.4 Å². The van der Waals surface area contributed by atoms with Gasteiger partial charge in [0.15, 0.2) is 0 Å². The molecule has 0 spiro atoms. The van der Waals surface area contributed by atoms with Gasteiger partial charge < -0.3 is 19.7 Å². The smallest absolute Gasteiger partial charge is 0.317 e. The highest BCUT2D eigenvalue weighted by Gasteiger charge is 2.25. The van der Waals surface area contributed by atoms with Crippen LogP contribution in [0.3, 0.4) is 0 Å². The number of morpholine rings is 1. The Balaban J connectivity index is 1.55.